The summed E-state index contributed by atoms with van der Waals surface area (Å²) in [6, 6.07) is 5.71. The molecule has 1 fully saturated rings. The van der Waals surface area contributed by atoms with Gasteiger partial charge in [-0.05, 0) is 68.8 Å². The first-order valence-corrected chi connectivity index (χ1v) is 10.3. The monoisotopic (exact) mass is 400 g/mol. The average molecular weight is 401 g/mol. The van der Waals surface area contributed by atoms with Crippen LogP contribution in [0.3, 0.4) is 0 Å². The summed E-state index contributed by atoms with van der Waals surface area (Å²) < 4.78 is 0. The van der Waals surface area contributed by atoms with E-state index in [1.165, 1.54) is 0 Å². The molecule has 1 amide bonds. The molecule has 0 unspecified atom stereocenters. The Labute approximate surface area is 172 Å². The van der Waals surface area contributed by atoms with E-state index in [-0.39, 0.29) is 11.8 Å². The molecule has 1 heterocycles. The predicted molar refractivity (Wildman–Crippen MR) is 116 cm³/mol. The molecule has 0 aromatic heterocycles. The number of likely N-dealkylation sites (N-methyl/N-ethyl adjacent to an activating group) is 1. The quantitative estimate of drug-likeness (QED) is 0.582. The lowest BCUT2D eigenvalue weighted by atomic mass is 9.80. The van der Waals surface area contributed by atoms with Crippen LogP contribution in [-0.2, 0) is 11.3 Å². The molecule has 0 spiro atoms. The van der Waals surface area contributed by atoms with Crippen molar-refractivity contribution in [1.29, 1.82) is 0 Å². The largest absolute Gasteiger partial charge is 0.295 e. The van der Waals surface area contributed by atoms with Crippen LogP contribution in [0.15, 0.2) is 48.0 Å². The summed E-state index contributed by atoms with van der Waals surface area (Å²) in [5.41, 5.74) is 7.90. The lowest BCUT2D eigenvalue weighted by Gasteiger charge is -2.27. The SMILES string of the molecule is C=C/C=C\CC1CCC(C(=O)NNC2=Nc3ccc(Cl)cc3CN(C)C2)CC1. The summed E-state index contributed by atoms with van der Waals surface area (Å²) in [6.45, 7) is 5.10. The summed E-state index contributed by atoms with van der Waals surface area (Å²) >= 11 is 6.10. The van der Waals surface area contributed by atoms with Crippen molar-refractivity contribution in [3.63, 3.8) is 0 Å². The van der Waals surface area contributed by atoms with Crippen molar-refractivity contribution in [2.24, 2.45) is 16.8 Å². The molecule has 1 aromatic carbocycles. The van der Waals surface area contributed by atoms with Crippen molar-refractivity contribution < 1.29 is 4.79 Å². The number of amidine groups is 1. The molecule has 28 heavy (non-hydrogen) atoms. The molecule has 5 nitrogen and oxygen atoms in total. The van der Waals surface area contributed by atoms with Gasteiger partial charge in [0.05, 0.1) is 12.2 Å². The Kier molecular flexibility index (Phi) is 7.29. The lowest BCUT2D eigenvalue weighted by Crippen LogP contribution is -2.47. The highest BCUT2D eigenvalue weighted by Crippen LogP contribution is 2.31. The topological polar surface area (TPSA) is 56.7 Å². The van der Waals surface area contributed by atoms with E-state index < -0.39 is 0 Å². The lowest BCUT2D eigenvalue weighted by molar-refractivity contribution is -0.126. The minimum Gasteiger partial charge on any atom is -0.295 e. The fraction of sp³-hybridized carbons (Fsp3) is 0.455. The van der Waals surface area contributed by atoms with Crippen LogP contribution in [0.5, 0.6) is 0 Å². The number of fused-ring (bicyclic) bond motifs is 1. The van der Waals surface area contributed by atoms with Crippen LogP contribution >= 0.6 is 11.6 Å². The van der Waals surface area contributed by atoms with Crippen molar-refractivity contribution in [3.05, 3.63) is 53.6 Å². The van der Waals surface area contributed by atoms with Crippen molar-refractivity contribution in [3.8, 4) is 0 Å². The standard InChI is InChI=1S/C22H29ClN4O/c1-3-4-5-6-16-7-9-17(10-8-16)22(28)26-25-21-15-27(2)14-18-13-19(23)11-12-20(18)24-21/h3-5,11-13,16-17H,1,6-10,14-15H2,2H3,(H,24,25)(H,26,28)/b5-4-. The van der Waals surface area contributed by atoms with Gasteiger partial charge in [-0.1, -0.05) is 36.4 Å². The van der Waals surface area contributed by atoms with Crippen molar-refractivity contribution in [2.45, 2.75) is 38.6 Å². The summed E-state index contributed by atoms with van der Waals surface area (Å²) in [5, 5.41) is 0.711. The fourth-order valence-corrected chi connectivity index (χ4v) is 4.10. The second-order valence-corrected chi connectivity index (χ2v) is 8.17. The molecule has 1 aliphatic carbocycles. The molecular weight excluding hydrogens is 372 g/mol. The highest BCUT2D eigenvalue weighted by Gasteiger charge is 2.26. The minimum atomic E-state index is 0.0611. The number of allylic oxidation sites excluding steroid dienone is 3. The number of carbonyl (C=O) groups excluding carboxylic acids is 1. The van der Waals surface area contributed by atoms with Gasteiger partial charge in [0, 0.05) is 17.5 Å². The van der Waals surface area contributed by atoms with Crippen LogP contribution in [0.1, 0.15) is 37.7 Å². The molecule has 1 saturated carbocycles. The smallest absolute Gasteiger partial charge is 0.241 e. The zero-order chi connectivity index (χ0) is 19.9. The molecule has 0 saturated heterocycles. The maximum absolute atomic E-state index is 12.6. The Morgan fingerprint density at radius 1 is 1.32 bits per heavy atom. The van der Waals surface area contributed by atoms with Gasteiger partial charge in [0.1, 0.15) is 5.84 Å². The van der Waals surface area contributed by atoms with Gasteiger partial charge in [-0.15, -0.1) is 0 Å². The first-order valence-electron chi connectivity index (χ1n) is 9.93. The van der Waals surface area contributed by atoms with Crippen LogP contribution in [0.2, 0.25) is 5.02 Å². The number of halogens is 1. The van der Waals surface area contributed by atoms with E-state index in [4.69, 9.17) is 11.6 Å². The van der Waals surface area contributed by atoms with Crippen molar-refractivity contribution >= 4 is 29.0 Å². The van der Waals surface area contributed by atoms with E-state index in [2.05, 4.69) is 33.4 Å². The van der Waals surface area contributed by atoms with E-state index >= 15 is 0 Å². The normalized spacial score (nSPS) is 22.9. The third kappa shape index (κ3) is 5.69. The van der Waals surface area contributed by atoms with E-state index in [9.17, 15) is 4.79 Å². The van der Waals surface area contributed by atoms with Crippen LogP contribution < -0.4 is 10.9 Å². The van der Waals surface area contributed by atoms with Gasteiger partial charge in [0.15, 0.2) is 0 Å². The second-order valence-electron chi connectivity index (χ2n) is 7.74. The second kappa shape index (κ2) is 9.89. The van der Waals surface area contributed by atoms with Gasteiger partial charge in [0.25, 0.3) is 0 Å². The van der Waals surface area contributed by atoms with Gasteiger partial charge < -0.3 is 0 Å². The average Bonchev–Trinajstić information content (AvgIpc) is 2.84. The van der Waals surface area contributed by atoms with Crippen LogP contribution in [-0.4, -0.2) is 30.2 Å². The molecule has 6 heteroatoms. The number of benzene rings is 1. The first kappa shape index (κ1) is 20.6. The molecule has 150 valence electrons. The zero-order valence-corrected chi connectivity index (χ0v) is 17.2. The zero-order valence-electron chi connectivity index (χ0n) is 16.5. The van der Waals surface area contributed by atoms with Gasteiger partial charge in [0.2, 0.25) is 5.91 Å². The van der Waals surface area contributed by atoms with Gasteiger partial charge >= 0.3 is 0 Å². The number of nitrogens with zero attached hydrogens (tertiary/aromatic N) is 2. The Hall–Kier alpha value is -2.11. The molecule has 0 bridgehead atoms. The van der Waals surface area contributed by atoms with Crippen LogP contribution in [0.25, 0.3) is 0 Å². The number of hydrogen-bond donors (Lipinski definition) is 2. The summed E-state index contributed by atoms with van der Waals surface area (Å²) in [6.07, 6.45) is 11.1. The molecule has 0 radical (unpaired) electrons. The summed E-state index contributed by atoms with van der Waals surface area (Å²) in [7, 11) is 2.02. The number of nitrogens with one attached hydrogen (secondary N) is 2. The molecule has 3 rings (SSSR count). The minimum absolute atomic E-state index is 0.0611. The van der Waals surface area contributed by atoms with E-state index in [1.54, 1.807) is 0 Å². The van der Waals surface area contributed by atoms with Crippen molar-refractivity contribution in [1.82, 2.24) is 15.8 Å². The number of rotatable bonds is 4. The highest BCUT2D eigenvalue weighted by atomic mass is 35.5. The number of hydrazine groups is 1. The molecule has 1 aliphatic heterocycles. The molecule has 1 aromatic rings. The highest BCUT2D eigenvalue weighted by molar-refractivity contribution is 6.30. The number of hydrogen-bond acceptors (Lipinski definition) is 4. The summed E-state index contributed by atoms with van der Waals surface area (Å²) in [5.74, 6) is 1.55. The Morgan fingerprint density at radius 2 is 2.11 bits per heavy atom. The molecule has 2 aliphatic rings. The Balaban J connectivity index is 1.52. The van der Waals surface area contributed by atoms with E-state index in [1.807, 2.05) is 37.4 Å². The summed E-state index contributed by atoms with van der Waals surface area (Å²) in [4.78, 5) is 19.4. The molecule has 0 atom stereocenters. The van der Waals surface area contributed by atoms with Gasteiger partial charge in [-0.3, -0.25) is 20.5 Å². The maximum atomic E-state index is 12.6. The van der Waals surface area contributed by atoms with Crippen LogP contribution in [0.4, 0.5) is 5.69 Å². The molecular formula is C22H29ClN4O. The third-order valence-electron chi connectivity index (χ3n) is 5.45. The van der Waals surface area contributed by atoms with Gasteiger partial charge in [-0.25, -0.2) is 4.99 Å². The van der Waals surface area contributed by atoms with E-state index in [0.717, 1.165) is 55.7 Å². The Bertz CT molecular complexity index is 766. The van der Waals surface area contributed by atoms with Crippen LogP contribution in [0, 0.1) is 11.8 Å². The number of amides is 1. The fourth-order valence-electron chi connectivity index (χ4n) is 3.90. The number of carbonyl (C=O) groups is 1. The molecule has 2 N–H and O–H groups in total. The van der Waals surface area contributed by atoms with E-state index in [0.29, 0.717) is 17.5 Å². The van der Waals surface area contributed by atoms with Crippen molar-refractivity contribution in [2.75, 3.05) is 13.6 Å². The van der Waals surface area contributed by atoms with Gasteiger partial charge in [-0.2, -0.15) is 0 Å². The maximum Gasteiger partial charge on any atom is 0.241 e. The number of aliphatic imine (C=N–C) groups is 1. The first-order chi connectivity index (χ1) is 13.5. The predicted octanol–water partition coefficient (Wildman–Crippen LogP) is 4.37. The Morgan fingerprint density at radius 3 is 2.86 bits per heavy atom. The third-order valence-corrected chi connectivity index (χ3v) is 5.68.